The van der Waals surface area contributed by atoms with Gasteiger partial charge in [-0.1, -0.05) is 46.8 Å². The number of nitrogens with one attached hydrogen (secondary N) is 1. The molecule has 0 aromatic heterocycles. The van der Waals surface area contributed by atoms with Crippen molar-refractivity contribution in [2.75, 3.05) is 13.1 Å². The van der Waals surface area contributed by atoms with Gasteiger partial charge in [0.05, 0.1) is 0 Å². The van der Waals surface area contributed by atoms with Crippen LogP contribution in [0.5, 0.6) is 5.75 Å². The molecule has 1 atom stereocenters. The summed E-state index contributed by atoms with van der Waals surface area (Å²) in [6.07, 6.45) is 2.44. The van der Waals surface area contributed by atoms with E-state index < -0.39 is 0 Å². The third-order valence-electron chi connectivity index (χ3n) is 3.26. The molecular weight excluding hydrogens is 234 g/mol. The predicted octanol–water partition coefficient (Wildman–Crippen LogP) is 4.14. The zero-order valence-electron chi connectivity index (χ0n) is 13.1. The van der Waals surface area contributed by atoms with Crippen LogP contribution in [0.15, 0.2) is 24.3 Å². The van der Waals surface area contributed by atoms with Crippen LogP contribution in [0, 0.1) is 0 Å². The monoisotopic (exact) mass is 263 g/mol. The van der Waals surface area contributed by atoms with Crippen LogP contribution in [-0.2, 0) is 5.41 Å². The highest BCUT2D eigenvalue weighted by molar-refractivity contribution is 5.32. The van der Waals surface area contributed by atoms with Crippen LogP contribution in [-0.4, -0.2) is 19.2 Å². The van der Waals surface area contributed by atoms with Gasteiger partial charge in [0, 0.05) is 6.54 Å². The maximum absolute atomic E-state index is 6.08. The molecule has 1 aromatic carbocycles. The van der Waals surface area contributed by atoms with Crippen LogP contribution in [0.3, 0.4) is 0 Å². The molecule has 1 rings (SSSR count). The first kappa shape index (κ1) is 16.0. The van der Waals surface area contributed by atoms with Gasteiger partial charge in [-0.05, 0) is 42.5 Å². The lowest BCUT2D eigenvalue weighted by Gasteiger charge is -2.22. The minimum absolute atomic E-state index is 0.168. The standard InChI is InChI=1S/C17H29NO/c1-6-11-18-13-15(7-2)19-16-10-8-9-14(12-16)17(3,4)5/h8-10,12,15,18H,6-7,11,13H2,1-5H3. The van der Waals surface area contributed by atoms with Gasteiger partial charge in [-0.25, -0.2) is 0 Å². The summed E-state index contributed by atoms with van der Waals surface area (Å²) in [5.41, 5.74) is 1.49. The van der Waals surface area contributed by atoms with Crippen molar-refractivity contribution in [3.05, 3.63) is 29.8 Å². The summed E-state index contributed by atoms with van der Waals surface area (Å²) in [6, 6.07) is 8.48. The van der Waals surface area contributed by atoms with Crippen molar-refractivity contribution in [1.82, 2.24) is 5.32 Å². The summed E-state index contributed by atoms with van der Waals surface area (Å²) in [5, 5.41) is 3.43. The van der Waals surface area contributed by atoms with E-state index in [4.69, 9.17) is 4.74 Å². The average Bonchev–Trinajstić information content (AvgIpc) is 2.37. The van der Waals surface area contributed by atoms with Gasteiger partial charge in [0.25, 0.3) is 0 Å². The second kappa shape index (κ2) is 7.54. The normalized spacial score (nSPS) is 13.3. The number of ether oxygens (including phenoxy) is 1. The zero-order valence-corrected chi connectivity index (χ0v) is 13.1. The van der Waals surface area contributed by atoms with Gasteiger partial charge in [-0.2, -0.15) is 0 Å². The third kappa shape index (κ3) is 5.65. The lowest BCUT2D eigenvalue weighted by Crippen LogP contribution is -2.31. The molecule has 0 saturated carbocycles. The molecule has 0 amide bonds. The Morgan fingerprint density at radius 1 is 1.21 bits per heavy atom. The van der Waals surface area contributed by atoms with Crippen LogP contribution in [0.1, 0.15) is 53.0 Å². The van der Waals surface area contributed by atoms with Crippen LogP contribution in [0.4, 0.5) is 0 Å². The maximum Gasteiger partial charge on any atom is 0.120 e. The molecule has 1 aromatic rings. The minimum Gasteiger partial charge on any atom is -0.489 e. The summed E-state index contributed by atoms with van der Waals surface area (Å²) in [4.78, 5) is 0. The van der Waals surface area contributed by atoms with Gasteiger partial charge in [0.1, 0.15) is 11.9 Å². The van der Waals surface area contributed by atoms with Gasteiger partial charge >= 0.3 is 0 Å². The fourth-order valence-corrected chi connectivity index (χ4v) is 1.94. The lowest BCUT2D eigenvalue weighted by molar-refractivity contribution is 0.193. The molecule has 19 heavy (non-hydrogen) atoms. The molecule has 0 radical (unpaired) electrons. The van der Waals surface area contributed by atoms with Gasteiger partial charge in [0.2, 0.25) is 0 Å². The minimum atomic E-state index is 0.168. The Hall–Kier alpha value is -1.02. The van der Waals surface area contributed by atoms with E-state index >= 15 is 0 Å². The van der Waals surface area contributed by atoms with Crippen LogP contribution in [0.2, 0.25) is 0 Å². The van der Waals surface area contributed by atoms with Crippen molar-refractivity contribution in [2.45, 2.75) is 59.0 Å². The molecule has 0 heterocycles. The molecule has 0 saturated heterocycles. The zero-order chi connectivity index (χ0) is 14.3. The van der Waals surface area contributed by atoms with E-state index in [0.717, 1.165) is 31.7 Å². The predicted molar refractivity (Wildman–Crippen MR) is 83.0 cm³/mol. The number of rotatable bonds is 7. The van der Waals surface area contributed by atoms with Gasteiger partial charge < -0.3 is 10.1 Å². The Balaban J connectivity index is 2.64. The molecule has 0 aliphatic rings. The van der Waals surface area contributed by atoms with E-state index in [1.165, 1.54) is 5.56 Å². The highest BCUT2D eigenvalue weighted by Crippen LogP contribution is 2.26. The first-order valence-corrected chi connectivity index (χ1v) is 7.45. The highest BCUT2D eigenvalue weighted by Gasteiger charge is 2.15. The van der Waals surface area contributed by atoms with Crippen LogP contribution < -0.4 is 10.1 Å². The largest absolute Gasteiger partial charge is 0.489 e. The number of hydrogen-bond donors (Lipinski definition) is 1. The second-order valence-electron chi connectivity index (χ2n) is 6.13. The first-order chi connectivity index (χ1) is 8.97. The summed E-state index contributed by atoms with van der Waals surface area (Å²) in [7, 11) is 0. The smallest absolute Gasteiger partial charge is 0.120 e. The summed E-state index contributed by atoms with van der Waals surface area (Å²) in [5.74, 6) is 0.984. The van der Waals surface area contributed by atoms with Crippen molar-refractivity contribution in [3.63, 3.8) is 0 Å². The molecule has 0 fully saturated rings. The fourth-order valence-electron chi connectivity index (χ4n) is 1.94. The summed E-state index contributed by atoms with van der Waals surface area (Å²) in [6.45, 7) is 13.0. The molecule has 1 N–H and O–H groups in total. The Kier molecular flexibility index (Phi) is 6.36. The average molecular weight is 263 g/mol. The Bertz CT molecular complexity index is 368. The topological polar surface area (TPSA) is 21.3 Å². The summed E-state index contributed by atoms with van der Waals surface area (Å²) < 4.78 is 6.08. The molecule has 1 unspecified atom stereocenters. The van der Waals surface area contributed by atoms with Gasteiger partial charge in [-0.3, -0.25) is 0 Å². The summed E-state index contributed by atoms with van der Waals surface area (Å²) >= 11 is 0. The molecule has 108 valence electrons. The Morgan fingerprint density at radius 2 is 1.95 bits per heavy atom. The lowest BCUT2D eigenvalue weighted by atomic mass is 9.87. The van der Waals surface area contributed by atoms with E-state index in [0.29, 0.717) is 0 Å². The van der Waals surface area contributed by atoms with E-state index in [-0.39, 0.29) is 11.5 Å². The quantitative estimate of drug-likeness (QED) is 0.746. The Labute approximate surface area is 118 Å². The van der Waals surface area contributed by atoms with E-state index in [1.807, 2.05) is 0 Å². The SMILES string of the molecule is CCCNCC(CC)Oc1cccc(C(C)(C)C)c1. The van der Waals surface area contributed by atoms with Crippen LogP contribution >= 0.6 is 0 Å². The third-order valence-corrected chi connectivity index (χ3v) is 3.26. The molecule has 0 bridgehead atoms. The number of hydrogen-bond acceptors (Lipinski definition) is 2. The van der Waals surface area contributed by atoms with Crippen molar-refractivity contribution in [1.29, 1.82) is 0 Å². The Morgan fingerprint density at radius 3 is 2.53 bits per heavy atom. The van der Waals surface area contributed by atoms with Gasteiger partial charge in [0.15, 0.2) is 0 Å². The molecule has 0 spiro atoms. The molecule has 0 aliphatic carbocycles. The molecule has 2 nitrogen and oxygen atoms in total. The van der Waals surface area contributed by atoms with Gasteiger partial charge in [-0.15, -0.1) is 0 Å². The van der Waals surface area contributed by atoms with Crippen molar-refractivity contribution >= 4 is 0 Å². The van der Waals surface area contributed by atoms with Crippen molar-refractivity contribution < 1.29 is 4.74 Å². The second-order valence-corrected chi connectivity index (χ2v) is 6.13. The number of benzene rings is 1. The van der Waals surface area contributed by atoms with Crippen molar-refractivity contribution in [3.8, 4) is 5.75 Å². The first-order valence-electron chi connectivity index (χ1n) is 7.45. The van der Waals surface area contributed by atoms with Crippen LogP contribution in [0.25, 0.3) is 0 Å². The van der Waals surface area contributed by atoms with E-state index in [9.17, 15) is 0 Å². The van der Waals surface area contributed by atoms with E-state index in [1.54, 1.807) is 0 Å². The maximum atomic E-state index is 6.08. The molecule has 2 heteroatoms. The highest BCUT2D eigenvalue weighted by atomic mass is 16.5. The fraction of sp³-hybridized carbons (Fsp3) is 0.647. The van der Waals surface area contributed by atoms with Crippen molar-refractivity contribution in [2.24, 2.45) is 0 Å². The van der Waals surface area contributed by atoms with E-state index in [2.05, 4.69) is 64.2 Å². The molecule has 0 aliphatic heterocycles. The molecular formula is C17H29NO.